The first-order chi connectivity index (χ1) is 9.56. The van der Waals surface area contributed by atoms with Crippen molar-refractivity contribution in [1.29, 1.82) is 0 Å². The molecule has 0 amide bonds. The maximum absolute atomic E-state index is 11.9. The molecule has 0 aromatic heterocycles. The quantitative estimate of drug-likeness (QED) is 0.388. The Balaban J connectivity index is 2.39. The third-order valence-electron chi connectivity index (χ3n) is 3.02. The first-order valence-corrected chi connectivity index (χ1v) is 6.47. The van der Waals surface area contributed by atoms with Gasteiger partial charge in [-0.3, -0.25) is 9.59 Å². The van der Waals surface area contributed by atoms with Crippen LogP contribution >= 0.6 is 0 Å². The van der Waals surface area contributed by atoms with E-state index in [0.717, 1.165) is 0 Å². The number of carbonyl (C=O) groups is 2. The molecule has 0 fully saturated rings. The molecule has 0 saturated heterocycles. The fourth-order valence-corrected chi connectivity index (χ4v) is 1.97. The van der Waals surface area contributed by atoms with Gasteiger partial charge in [0.15, 0.2) is 0 Å². The molecule has 1 rings (SSSR count). The van der Waals surface area contributed by atoms with Crippen LogP contribution in [0, 0.1) is 11.8 Å². The third kappa shape index (κ3) is 5.14. The molecule has 1 aliphatic carbocycles. The van der Waals surface area contributed by atoms with Crippen LogP contribution in [0.25, 0.3) is 0 Å². The molecule has 20 heavy (non-hydrogen) atoms. The predicted octanol–water partition coefficient (Wildman–Crippen LogP) is 0.760. The SMILES string of the molecule is C=CCOCC(O)COC(=O)C1CC=CCC1C(=O)O. The molecule has 3 unspecified atom stereocenters. The number of hydrogen-bond acceptors (Lipinski definition) is 5. The van der Waals surface area contributed by atoms with Crippen molar-refractivity contribution in [2.24, 2.45) is 11.8 Å². The third-order valence-corrected chi connectivity index (χ3v) is 3.02. The molecule has 0 spiro atoms. The van der Waals surface area contributed by atoms with E-state index in [-0.39, 0.29) is 13.2 Å². The van der Waals surface area contributed by atoms with Crippen molar-refractivity contribution in [2.75, 3.05) is 19.8 Å². The lowest BCUT2D eigenvalue weighted by atomic mass is 9.83. The van der Waals surface area contributed by atoms with E-state index in [1.54, 1.807) is 18.2 Å². The molecule has 3 atom stereocenters. The summed E-state index contributed by atoms with van der Waals surface area (Å²) in [4.78, 5) is 22.9. The summed E-state index contributed by atoms with van der Waals surface area (Å²) in [7, 11) is 0. The van der Waals surface area contributed by atoms with E-state index in [0.29, 0.717) is 19.4 Å². The van der Waals surface area contributed by atoms with Crippen molar-refractivity contribution >= 4 is 11.9 Å². The zero-order valence-electron chi connectivity index (χ0n) is 11.2. The summed E-state index contributed by atoms with van der Waals surface area (Å²) in [5.41, 5.74) is 0. The predicted molar refractivity (Wildman–Crippen MR) is 71.0 cm³/mol. The number of carboxylic acid groups (broad SMARTS) is 1. The molecule has 0 aromatic rings. The van der Waals surface area contributed by atoms with Gasteiger partial charge in [-0.05, 0) is 12.8 Å². The summed E-state index contributed by atoms with van der Waals surface area (Å²) in [6, 6.07) is 0. The topological polar surface area (TPSA) is 93.1 Å². The van der Waals surface area contributed by atoms with E-state index in [9.17, 15) is 14.7 Å². The summed E-state index contributed by atoms with van der Waals surface area (Å²) in [5.74, 6) is -3.06. The van der Waals surface area contributed by atoms with Crippen molar-refractivity contribution < 1.29 is 29.3 Å². The fraction of sp³-hybridized carbons (Fsp3) is 0.571. The highest BCUT2D eigenvalue weighted by Crippen LogP contribution is 2.27. The van der Waals surface area contributed by atoms with Crippen LogP contribution in [0.2, 0.25) is 0 Å². The minimum absolute atomic E-state index is 0.0340. The second-order valence-electron chi connectivity index (χ2n) is 4.60. The normalized spacial score (nSPS) is 23.1. The summed E-state index contributed by atoms with van der Waals surface area (Å²) in [6.45, 7) is 3.60. The minimum Gasteiger partial charge on any atom is -0.481 e. The second-order valence-corrected chi connectivity index (χ2v) is 4.60. The monoisotopic (exact) mass is 284 g/mol. The maximum atomic E-state index is 11.9. The first kappa shape index (κ1) is 16.4. The Hall–Kier alpha value is -1.66. The molecule has 6 heteroatoms. The van der Waals surface area contributed by atoms with E-state index in [1.807, 2.05) is 0 Å². The van der Waals surface area contributed by atoms with Crippen LogP contribution in [0.4, 0.5) is 0 Å². The zero-order valence-corrected chi connectivity index (χ0v) is 11.2. The van der Waals surface area contributed by atoms with Crippen molar-refractivity contribution in [1.82, 2.24) is 0 Å². The standard InChI is InChI=1S/C14H20O6/c1-2-7-19-8-10(15)9-20-14(18)12-6-4-3-5-11(12)13(16)17/h2-4,10-12,15H,1,5-9H2,(H,16,17). The van der Waals surface area contributed by atoms with Crippen LogP contribution in [-0.4, -0.2) is 48.1 Å². The lowest BCUT2D eigenvalue weighted by Gasteiger charge is -2.23. The average Bonchev–Trinajstić information content (AvgIpc) is 2.45. The van der Waals surface area contributed by atoms with Crippen LogP contribution in [0.3, 0.4) is 0 Å². The van der Waals surface area contributed by atoms with Gasteiger partial charge in [0.1, 0.15) is 12.7 Å². The molecule has 6 nitrogen and oxygen atoms in total. The van der Waals surface area contributed by atoms with Gasteiger partial charge in [-0.15, -0.1) is 6.58 Å². The van der Waals surface area contributed by atoms with Crippen LogP contribution in [0.1, 0.15) is 12.8 Å². The molecule has 2 N–H and O–H groups in total. The van der Waals surface area contributed by atoms with Gasteiger partial charge in [0.05, 0.1) is 25.0 Å². The van der Waals surface area contributed by atoms with Gasteiger partial charge in [-0.25, -0.2) is 0 Å². The van der Waals surface area contributed by atoms with E-state index in [1.165, 1.54) is 0 Å². The van der Waals surface area contributed by atoms with Crippen molar-refractivity contribution in [3.63, 3.8) is 0 Å². The molecule has 0 aromatic carbocycles. The lowest BCUT2D eigenvalue weighted by Crippen LogP contribution is -2.34. The molecule has 0 aliphatic heterocycles. The highest BCUT2D eigenvalue weighted by atomic mass is 16.5. The zero-order chi connectivity index (χ0) is 15.0. The number of ether oxygens (including phenoxy) is 2. The van der Waals surface area contributed by atoms with Gasteiger partial charge in [0.2, 0.25) is 0 Å². The average molecular weight is 284 g/mol. The van der Waals surface area contributed by atoms with Gasteiger partial charge in [0.25, 0.3) is 0 Å². The van der Waals surface area contributed by atoms with E-state index < -0.39 is 29.9 Å². The number of carbonyl (C=O) groups excluding carboxylic acids is 1. The van der Waals surface area contributed by atoms with Crippen LogP contribution in [0.5, 0.6) is 0 Å². The van der Waals surface area contributed by atoms with E-state index >= 15 is 0 Å². The van der Waals surface area contributed by atoms with E-state index in [2.05, 4.69) is 6.58 Å². The molecule has 0 radical (unpaired) electrons. The largest absolute Gasteiger partial charge is 0.481 e. The van der Waals surface area contributed by atoms with Crippen LogP contribution in [-0.2, 0) is 19.1 Å². The van der Waals surface area contributed by atoms with E-state index in [4.69, 9.17) is 14.6 Å². The summed E-state index contributed by atoms with van der Waals surface area (Å²) in [5, 5.41) is 18.6. The highest BCUT2D eigenvalue weighted by molar-refractivity contribution is 5.81. The second kappa shape index (κ2) is 8.50. The number of rotatable bonds is 8. The van der Waals surface area contributed by atoms with Crippen molar-refractivity contribution in [3.05, 3.63) is 24.8 Å². The Bertz CT molecular complexity index is 376. The van der Waals surface area contributed by atoms with Crippen LogP contribution in [0.15, 0.2) is 24.8 Å². The number of allylic oxidation sites excluding steroid dienone is 2. The Morgan fingerprint density at radius 3 is 2.55 bits per heavy atom. The van der Waals surface area contributed by atoms with Crippen LogP contribution < -0.4 is 0 Å². The molecule has 1 aliphatic rings. The molecular weight excluding hydrogens is 264 g/mol. The van der Waals surface area contributed by atoms with Gasteiger partial charge < -0.3 is 19.7 Å². The lowest BCUT2D eigenvalue weighted by molar-refractivity contribution is -0.160. The maximum Gasteiger partial charge on any atom is 0.310 e. The van der Waals surface area contributed by atoms with Gasteiger partial charge in [-0.2, -0.15) is 0 Å². The molecule has 0 bridgehead atoms. The minimum atomic E-state index is -1.01. The van der Waals surface area contributed by atoms with Gasteiger partial charge in [0, 0.05) is 0 Å². The molecule has 0 heterocycles. The van der Waals surface area contributed by atoms with Gasteiger partial charge in [-0.1, -0.05) is 18.2 Å². The molecule has 0 saturated carbocycles. The number of aliphatic hydroxyl groups is 1. The Labute approximate surface area is 117 Å². The number of aliphatic carboxylic acids is 1. The Morgan fingerprint density at radius 2 is 1.95 bits per heavy atom. The fourth-order valence-electron chi connectivity index (χ4n) is 1.97. The Morgan fingerprint density at radius 1 is 1.30 bits per heavy atom. The number of hydrogen-bond donors (Lipinski definition) is 2. The summed E-state index contributed by atoms with van der Waals surface area (Å²) < 4.78 is 9.98. The first-order valence-electron chi connectivity index (χ1n) is 6.47. The summed E-state index contributed by atoms with van der Waals surface area (Å²) >= 11 is 0. The van der Waals surface area contributed by atoms with Crippen molar-refractivity contribution in [3.8, 4) is 0 Å². The molecular formula is C14H20O6. The highest BCUT2D eigenvalue weighted by Gasteiger charge is 2.35. The number of aliphatic hydroxyl groups excluding tert-OH is 1. The molecule has 112 valence electrons. The van der Waals surface area contributed by atoms with Gasteiger partial charge >= 0.3 is 11.9 Å². The Kier molecular flexibility index (Phi) is 6.97. The van der Waals surface area contributed by atoms with Crippen molar-refractivity contribution in [2.45, 2.75) is 18.9 Å². The summed E-state index contributed by atoms with van der Waals surface area (Å²) in [6.07, 6.45) is 4.81. The number of esters is 1. The number of carboxylic acids is 1. The smallest absolute Gasteiger partial charge is 0.310 e.